The minimum Gasteiger partial charge on any atom is -0.378 e. The van der Waals surface area contributed by atoms with E-state index in [1.165, 1.54) is 4.88 Å². The first-order valence-electron chi connectivity index (χ1n) is 7.94. The Balaban J connectivity index is 1.84. The minimum absolute atomic E-state index is 0.0275. The van der Waals surface area contributed by atoms with Crippen molar-refractivity contribution in [1.29, 1.82) is 0 Å². The quantitative estimate of drug-likeness (QED) is 0.930. The molecular formula is C16H24N2O2S. The van der Waals surface area contributed by atoms with Crippen molar-refractivity contribution in [2.45, 2.75) is 63.9 Å². The van der Waals surface area contributed by atoms with Gasteiger partial charge in [0.25, 0.3) is 0 Å². The van der Waals surface area contributed by atoms with Gasteiger partial charge >= 0.3 is 0 Å². The summed E-state index contributed by atoms with van der Waals surface area (Å²) in [5.41, 5.74) is 0. The molecule has 1 N–H and O–H groups in total. The average molecular weight is 308 g/mol. The van der Waals surface area contributed by atoms with Crippen molar-refractivity contribution in [3.05, 3.63) is 22.4 Å². The normalized spacial score (nSPS) is 33.6. The van der Waals surface area contributed by atoms with Crippen molar-refractivity contribution in [2.75, 3.05) is 6.61 Å². The third-order valence-electron chi connectivity index (χ3n) is 4.43. The Morgan fingerprint density at radius 1 is 1.52 bits per heavy atom. The number of hydrogen-bond acceptors (Lipinski definition) is 4. The Morgan fingerprint density at radius 3 is 3.05 bits per heavy atom. The summed E-state index contributed by atoms with van der Waals surface area (Å²) < 4.78 is 5.65. The van der Waals surface area contributed by atoms with Gasteiger partial charge in [-0.1, -0.05) is 19.4 Å². The maximum absolute atomic E-state index is 12.8. The summed E-state index contributed by atoms with van der Waals surface area (Å²) in [7, 11) is 0. The monoisotopic (exact) mass is 308 g/mol. The van der Waals surface area contributed by atoms with Crippen LogP contribution in [0.25, 0.3) is 0 Å². The SMILES string of the molecule is CCCC1NC(c2cccs2)N(C2CCOC(C)C2)C1=O. The number of thiophene rings is 1. The predicted octanol–water partition coefficient (Wildman–Crippen LogP) is 2.91. The maximum Gasteiger partial charge on any atom is 0.241 e. The molecule has 5 heteroatoms. The van der Waals surface area contributed by atoms with E-state index in [2.05, 4.69) is 41.6 Å². The Kier molecular flexibility index (Phi) is 4.62. The van der Waals surface area contributed by atoms with Crippen molar-refractivity contribution in [1.82, 2.24) is 10.2 Å². The van der Waals surface area contributed by atoms with Crippen LogP contribution in [0.3, 0.4) is 0 Å². The minimum atomic E-state index is -0.0275. The zero-order chi connectivity index (χ0) is 14.8. The van der Waals surface area contributed by atoms with Crippen molar-refractivity contribution in [3.8, 4) is 0 Å². The highest BCUT2D eigenvalue weighted by Crippen LogP contribution is 2.34. The molecule has 3 heterocycles. The van der Waals surface area contributed by atoms with E-state index in [-0.39, 0.29) is 24.2 Å². The molecule has 4 nitrogen and oxygen atoms in total. The molecule has 0 aliphatic carbocycles. The Morgan fingerprint density at radius 2 is 2.38 bits per heavy atom. The summed E-state index contributed by atoms with van der Waals surface area (Å²) in [6.07, 6.45) is 4.11. The van der Waals surface area contributed by atoms with Crippen LogP contribution >= 0.6 is 11.3 Å². The number of nitrogens with one attached hydrogen (secondary N) is 1. The van der Waals surface area contributed by atoms with Gasteiger partial charge in [0.05, 0.1) is 12.1 Å². The van der Waals surface area contributed by atoms with Crippen LogP contribution in [-0.2, 0) is 9.53 Å². The standard InChI is InChI=1S/C16H24N2O2S/c1-3-5-13-16(19)18(12-7-8-20-11(2)10-12)15(17-13)14-6-4-9-21-14/h4,6,9,11-13,15,17H,3,5,7-8,10H2,1-2H3. The van der Waals surface area contributed by atoms with E-state index in [9.17, 15) is 4.79 Å². The highest BCUT2D eigenvalue weighted by Gasteiger charge is 2.43. The average Bonchev–Trinajstić information content (AvgIpc) is 3.08. The van der Waals surface area contributed by atoms with Crippen LogP contribution in [0.15, 0.2) is 17.5 Å². The molecule has 4 atom stereocenters. The summed E-state index contributed by atoms with van der Waals surface area (Å²) in [5, 5.41) is 5.64. The first-order chi connectivity index (χ1) is 10.2. The molecule has 2 fully saturated rings. The lowest BCUT2D eigenvalue weighted by molar-refractivity contribution is -0.135. The van der Waals surface area contributed by atoms with E-state index in [1.807, 2.05) is 0 Å². The molecule has 0 bridgehead atoms. The highest BCUT2D eigenvalue weighted by molar-refractivity contribution is 7.10. The molecule has 0 aromatic carbocycles. The number of hydrogen-bond donors (Lipinski definition) is 1. The lowest BCUT2D eigenvalue weighted by Crippen LogP contribution is -2.44. The summed E-state index contributed by atoms with van der Waals surface area (Å²) in [6.45, 7) is 4.99. The van der Waals surface area contributed by atoms with Gasteiger partial charge in [-0.05, 0) is 37.6 Å². The number of nitrogens with zero attached hydrogens (tertiary/aromatic N) is 1. The van der Waals surface area contributed by atoms with E-state index in [0.717, 1.165) is 32.3 Å². The van der Waals surface area contributed by atoms with Gasteiger partial charge in [0.1, 0.15) is 6.17 Å². The van der Waals surface area contributed by atoms with Gasteiger partial charge in [-0.3, -0.25) is 10.1 Å². The van der Waals surface area contributed by atoms with Crippen LogP contribution in [0, 0.1) is 0 Å². The fraction of sp³-hybridized carbons (Fsp3) is 0.688. The van der Waals surface area contributed by atoms with Crippen LogP contribution in [0.5, 0.6) is 0 Å². The van der Waals surface area contributed by atoms with Crippen LogP contribution in [-0.4, -0.2) is 35.6 Å². The third kappa shape index (κ3) is 3.00. The summed E-state index contributed by atoms with van der Waals surface area (Å²) >= 11 is 1.72. The molecule has 0 radical (unpaired) electrons. The molecule has 1 aromatic heterocycles. The highest BCUT2D eigenvalue weighted by atomic mass is 32.1. The zero-order valence-electron chi connectivity index (χ0n) is 12.7. The van der Waals surface area contributed by atoms with Crippen molar-refractivity contribution in [2.24, 2.45) is 0 Å². The van der Waals surface area contributed by atoms with Gasteiger partial charge in [-0.25, -0.2) is 0 Å². The topological polar surface area (TPSA) is 41.6 Å². The van der Waals surface area contributed by atoms with Gasteiger partial charge in [-0.15, -0.1) is 11.3 Å². The van der Waals surface area contributed by atoms with Gasteiger partial charge in [0, 0.05) is 17.5 Å². The second kappa shape index (κ2) is 6.46. The molecule has 0 saturated carbocycles. The Hall–Kier alpha value is -0.910. The van der Waals surface area contributed by atoms with E-state index < -0.39 is 0 Å². The molecule has 2 saturated heterocycles. The van der Waals surface area contributed by atoms with Gasteiger partial charge in [-0.2, -0.15) is 0 Å². The predicted molar refractivity (Wildman–Crippen MR) is 84.2 cm³/mol. The van der Waals surface area contributed by atoms with E-state index in [4.69, 9.17) is 4.74 Å². The molecule has 1 amide bonds. The largest absolute Gasteiger partial charge is 0.378 e. The van der Waals surface area contributed by atoms with Crippen molar-refractivity contribution < 1.29 is 9.53 Å². The van der Waals surface area contributed by atoms with Gasteiger partial charge in [0.2, 0.25) is 5.91 Å². The molecule has 4 unspecified atom stereocenters. The first-order valence-corrected chi connectivity index (χ1v) is 8.82. The van der Waals surface area contributed by atoms with E-state index >= 15 is 0 Å². The van der Waals surface area contributed by atoms with Crippen LogP contribution in [0.4, 0.5) is 0 Å². The molecular weight excluding hydrogens is 284 g/mol. The molecule has 116 valence electrons. The van der Waals surface area contributed by atoms with Crippen LogP contribution < -0.4 is 5.32 Å². The summed E-state index contributed by atoms with van der Waals surface area (Å²) in [6, 6.07) is 4.45. The summed E-state index contributed by atoms with van der Waals surface area (Å²) in [4.78, 5) is 16.2. The third-order valence-corrected chi connectivity index (χ3v) is 5.36. The maximum atomic E-state index is 12.8. The van der Waals surface area contributed by atoms with Crippen LogP contribution in [0.2, 0.25) is 0 Å². The fourth-order valence-electron chi connectivity index (χ4n) is 3.43. The second-order valence-electron chi connectivity index (χ2n) is 6.03. The molecule has 2 aliphatic heterocycles. The number of ether oxygens (including phenoxy) is 1. The summed E-state index contributed by atoms with van der Waals surface area (Å²) in [5.74, 6) is 0.273. The number of amides is 1. The van der Waals surface area contributed by atoms with Crippen LogP contribution in [0.1, 0.15) is 50.6 Å². The van der Waals surface area contributed by atoms with Gasteiger partial charge in [0.15, 0.2) is 0 Å². The van der Waals surface area contributed by atoms with Crippen molar-refractivity contribution >= 4 is 17.2 Å². The lowest BCUT2D eigenvalue weighted by Gasteiger charge is -2.37. The Labute approximate surface area is 130 Å². The number of carbonyl (C=O) groups is 1. The number of rotatable bonds is 4. The van der Waals surface area contributed by atoms with E-state index in [1.54, 1.807) is 11.3 Å². The second-order valence-corrected chi connectivity index (χ2v) is 7.01. The molecule has 2 aliphatic rings. The first kappa shape index (κ1) is 15.0. The molecule has 3 rings (SSSR count). The Bertz CT molecular complexity index is 477. The lowest BCUT2D eigenvalue weighted by atomic mass is 10.0. The van der Waals surface area contributed by atoms with Crippen molar-refractivity contribution in [3.63, 3.8) is 0 Å². The fourth-order valence-corrected chi connectivity index (χ4v) is 4.21. The molecule has 1 aromatic rings. The smallest absolute Gasteiger partial charge is 0.241 e. The van der Waals surface area contributed by atoms with E-state index in [0.29, 0.717) is 6.04 Å². The molecule has 0 spiro atoms. The zero-order valence-corrected chi connectivity index (χ0v) is 13.6. The van der Waals surface area contributed by atoms with Gasteiger partial charge < -0.3 is 9.64 Å². The number of carbonyl (C=O) groups excluding carboxylic acids is 1. The molecule has 21 heavy (non-hydrogen) atoms.